The lowest BCUT2D eigenvalue weighted by Crippen LogP contribution is -2.16. The van der Waals surface area contributed by atoms with Crippen molar-refractivity contribution in [2.75, 3.05) is 11.9 Å². The van der Waals surface area contributed by atoms with Crippen molar-refractivity contribution in [3.8, 4) is 10.7 Å². The number of nitrogens with zero attached hydrogens (tertiary/aromatic N) is 2. The molecular formula is C15H17N3OS2. The minimum absolute atomic E-state index is 0.416. The van der Waals surface area contributed by atoms with Gasteiger partial charge in [-0.05, 0) is 37.8 Å². The van der Waals surface area contributed by atoms with Crippen LogP contribution in [0.15, 0.2) is 17.5 Å². The summed E-state index contributed by atoms with van der Waals surface area (Å²) in [5.74, 6) is 1.55. The quantitative estimate of drug-likeness (QED) is 0.767. The molecule has 0 radical (unpaired) electrons. The van der Waals surface area contributed by atoms with Crippen LogP contribution in [0.4, 0.5) is 5.82 Å². The summed E-state index contributed by atoms with van der Waals surface area (Å²) in [5, 5.41) is 15.9. The number of fused-ring (bicyclic) bond motifs is 1. The van der Waals surface area contributed by atoms with Crippen LogP contribution in [-0.2, 0) is 0 Å². The van der Waals surface area contributed by atoms with Gasteiger partial charge in [-0.3, -0.25) is 0 Å². The van der Waals surface area contributed by atoms with Gasteiger partial charge in [0.2, 0.25) is 0 Å². The van der Waals surface area contributed by atoms with Crippen molar-refractivity contribution in [2.45, 2.75) is 26.9 Å². The third kappa shape index (κ3) is 2.79. The molecule has 3 aromatic rings. The van der Waals surface area contributed by atoms with E-state index in [2.05, 4.69) is 24.1 Å². The zero-order valence-corrected chi connectivity index (χ0v) is 13.8. The van der Waals surface area contributed by atoms with Crippen molar-refractivity contribution in [2.24, 2.45) is 0 Å². The Kier molecular flexibility index (Phi) is 3.93. The topological polar surface area (TPSA) is 58.0 Å². The van der Waals surface area contributed by atoms with Gasteiger partial charge in [-0.25, -0.2) is 9.97 Å². The molecule has 110 valence electrons. The van der Waals surface area contributed by atoms with Crippen molar-refractivity contribution in [3.05, 3.63) is 28.0 Å². The molecule has 0 saturated carbocycles. The number of aliphatic hydroxyl groups excluding tert-OH is 1. The highest BCUT2D eigenvalue weighted by molar-refractivity contribution is 7.19. The summed E-state index contributed by atoms with van der Waals surface area (Å²) >= 11 is 3.32. The fourth-order valence-corrected chi connectivity index (χ4v) is 3.82. The Morgan fingerprint density at radius 2 is 2.14 bits per heavy atom. The molecule has 1 atom stereocenters. The highest BCUT2D eigenvalue weighted by Gasteiger charge is 2.16. The van der Waals surface area contributed by atoms with E-state index in [4.69, 9.17) is 4.98 Å². The zero-order chi connectivity index (χ0) is 15.0. The average molecular weight is 319 g/mol. The van der Waals surface area contributed by atoms with Gasteiger partial charge in [-0.15, -0.1) is 22.7 Å². The molecule has 0 saturated heterocycles. The van der Waals surface area contributed by atoms with E-state index in [9.17, 15) is 5.11 Å². The number of anilines is 1. The lowest BCUT2D eigenvalue weighted by molar-refractivity contribution is 0.208. The molecule has 3 aromatic heterocycles. The molecule has 3 heterocycles. The van der Waals surface area contributed by atoms with Gasteiger partial charge in [0, 0.05) is 11.4 Å². The summed E-state index contributed by atoms with van der Waals surface area (Å²) in [7, 11) is 0. The normalized spacial score (nSPS) is 12.8. The van der Waals surface area contributed by atoms with Gasteiger partial charge in [-0.1, -0.05) is 6.07 Å². The summed E-state index contributed by atoms with van der Waals surface area (Å²) in [6.45, 7) is 6.43. The molecule has 2 N–H and O–H groups in total. The molecule has 3 rings (SSSR count). The average Bonchev–Trinajstić information content (AvgIpc) is 3.06. The van der Waals surface area contributed by atoms with Gasteiger partial charge < -0.3 is 10.4 Å². The number of hydrogen-bond donors (Lipinski definition) is 2. The van der Waals surface area contributed by atoms with Gasteiger partial charge in [0.25, 0.3) is 0 Å². The predicted molar refractivity (Wildman–Crippen MR) is 90.4 cm³/mol. The van der Waals surface area contributed by atoms with Gasteiger partial charge in [0.1, 0.15) is 10.6 Å². The van der Waals surface area contributed by atoms with Crippen LogP contribution in [0.5, 0.6) is 0 Å². The van der Waals surface area contributed by atoms with E-state index in [1.54, 1.807) is 29.6 Å². The van der Waals surface area contributed by atoms with Crippen LogP contribution in [-0.4, -0.2) is 27.7 Å². The first-order chi connectivity index (χ1) is 10.1. The lowest BCUT2D eigenvalue weighted by atomic mass is 10.2. The van der Waals surface area contributed by atoms with Gasteiger partial charge in [-0.2, -0.15) is 0 Å². The maximum Gasteiger partial charge on any atom is 0.173 e. The Hall–Kier alpha value is -1.50. The SMILES string of the molecule is Cc1sc2nc(-c3cccs3)nc(NCC(C)O)c2c1C. The van der Waals surface area contributed by atoms with Crippen molar-refractivity contribution in [3.63, 3.8) is 0 Å². The number of thiophene rings is 2. The standard InChI is InChI=1S/C15H17N3OS2/c1-8(19)7-16-14-12-9(2)10(3)21-15(12)18-13(17-14)11-5-4-6-20-11/h4-6,8,19H,7H2,1-3H3,(H,16,17,18). The number of aryl methyl sites for hydroxylation is 2. The Labute approximate surface area is 131 Å². The van der Waals surface area contributed by atoms with Crippen molar-refractivity contribution in [1.29, 1.82) is 0 Å². The summed E-state index contributed by atoms with van der Waals surface area (Å²) in [4.78, 5) is 12.7. The number of rotatable bonds is 4. The van der Waals surface area contributed by atoms with Crippen molar-refractivity contribution in [1.82, 2.24) is 9.97 Å². The minimum atomic E-state index is -0.416. The molecule has 0 fully saturated rings. The van der Waals surface area contributed by atoms with Crippen LogP contribution < -0.4 is 5.32 Å². The maximum atomic E-state index is 9.51. The Morgan fingerprint density at radius 3 is 2.81 bits per heavy atom. The monoisotopic (exact) mass is 319 g/mol. The number of hydrogen-bond acceptors (Lipinski definition) is 6. The van der Waals surface area contributed by atoms with Crippen LogP contribution >= 0.6 is 22.7 Å². The Morgan fingerprint density at radius 1 is 1.33 bits per heavy atom. The van der Waals surface area contributed by atoms with E-state index < -0.39 is 6.10 Å². The molecule has 0 bridgehead atoms. The summed E-state index contributed by atoms with van der Waals surface area (Å²) < 4.78 is 0. The molecule has 0 amide bonds. The molecule has 6 heteroatoms. The first-order valence-electron chi connectivity index (χ1n) is 6.80. The molecular weight excluding hydrogens is 302 g/mol. The predicted octanol–water partition coefficient (Wildman–Crippen LogP) is 3.83. The van der Waals surface area contributed by atoms with Crippen LogP contribution in [0.25, 0.3) is 20.9 Å². The first kappa shape index (κ1) is 14.4. The van der Waals surface area contributed by atoms with Crippen molar-refractivity contribution >= 4 is 38.7 Å². The van der Waals surface area contributed by atoms with Gasteiger partial charge >= 0.3 is 0 Å². The van der Waals surface area contributed by atoms with Crippen LogP contribution in [0, 0.1) is 13.8 Å². The van der Waals surface area contributed by atoms with Crippen LogP contribution in [0.1, 0.15) is 17.4 Å². The third-order valence-electron chi connectivity index (χ3n) is 3.34. The molecule has 0 spiro atoms. The molecule has 1 unspecified atom stereocenters. The van der Waals surface area contributed by atoms with E-state index in [-0.39, 0.29) is 0 Å². The number of nitrogens with one attached hydrogen (secondary N) is 1. The highest BCUT2D eigenvalue weighted by atomic mass is 32.1. The van der Waals surface area contributed by atoms with E-state index in [1.165, 1.54) is 10.4 Å². The van der Waals surface area contributed by atoms with E-state index >= 15 is 0 Å². The second kappa shape index (κ2) is 5.71. The minimum Gasteiger partial charge on any atom is -0.392 e. The summed E-state index contributed by atoms with van der Waals surface area (Å²) in [6.07, 6.45) is -0.416. The second-order valence-corrected chi connectivity index (χ2v) is 7.22. The van der Waals surface area contributed by atoms with E-state index in [1.807, 2.05) is 17.5 Å². The molecule has 4 nitrogen and oxygen atoms in total. The molecule has 0 aliphatic carbocycles. The van der Waals surface area contributed by atoms with Gasteiger partial charge in [0.15, 0.2) is 5.82 Å². The largest absolute Gasteiger partial charge is 0.392 e. The zero-order valence-electron chi connectivity index (χ0n) is 12.2. The van der Waals surface area contributed by atoms with Crippen molar-refractivity contribution < 1.29 is 5.11 Å². The van der Waals surface area contributed by atoms with Crippen LogP contribution in [0.3, 0.4) is 0 Å². The molecule has 0 aliphatic rings. The number of aromatic nitrogens is 2. The molecule has 0 aromatic carbocycles. The third-order valence-corrected chi connectivity index (χ3v) is 5.30. The smallest absolute Gasteiger partial charge is 0.173 e. The fraction of sp³-hybridized carbons (Fsp3) is 0.333. The number of aliphatic hydroxyl groups is 1. The van der Waals surface area contributed by atoms with Crippen LogP contribution in [0.2, 0.25) is 0 Å². The summed E-state index contributed by atoms with van der Waals surface area (Å²) in [6, 6.07) is 4.03. The Bertz CT molecular complexity index is 763. The van der Waals surface area contributed by atoms with Gasteiger partial charge in [0.05, 0.1) is 16.4 Å². The highest BCUT2D eigenvalue weighted by Crippen LogP contribution is 2.35. The van der Waals surface area contributed by atoms with E-state index in [0.717, 1.165) is 26.7 Å². The summed E-state index contributed by atoms with van der Waals surface area (Å²) in [5.41, 5.74) is 1.21. The second-order valence-electron chi connectivity index (χ2n) is 5.07. The first-order valence-corrected chi connectivity index (χ1v) is 8.49. The van der Waals surface area contributed by atoms with E-state index in [0.29, 0.717) is 6.54 Å². The Balaban J connectivity index is 2.16. The fourth-order valence-electron chi connectivity index (χ4n) is 2.14. The molecule has 0 aliphatic heterocycles. The lowest BCUT2D eigenvalue weighted by Gasteiger charge is -2.10. The maximum absolute atomic E-state index is 9.51. The molecule has 21 heavy (non-hydrogen) atoms.